The van der Waals surface area contributed by atoms with E-state index in [4.69, 9.17) is 16.3 Å². The molecule has 2 N–H and O–H groups in total. The van der Waals surface area contributed by atoms with E-state index in [1.165, 1.54) is 13.3 Å². The normalized spacial score (nSPS) is 11.0. The Balaban J connectivity index is 1.80. The summed E-state index contributed by atoms with van der Waals surface area (Å²) in [6.07, 6.45) is 1.39. The second kappa shape index (κ2) is 6.98. The highest BCUT2D eigenvalue weighted by atomic mass is 35.5. The van der Waals surface area contributed by atoms with E-state index in [1.54, 1.807) is 42.5 Å². The predicted octanol–water partition coefficient (Wildman–Crippen LogP) is 4.30. The summed E-state index contributed by atoms with van der Waals surface area (Å²) < 4.78 is 5.26. The maximum atomic E-state index is 12.9. The number of H-pyrrole nitrogens is 1. The second-order valence-electron chi connectivity index (χ2n) is 6.34. The van der Waals surface area contributed by atoms with Crippen molar-refractivity contribution in [3.8, 4) is 5.75 Å². The topological polar surface area (TPSA) is 84.1 Å². The largest absolute Gasteiger partial charge is 0.495 e. The van der Waals surface area contributed by atoms with E-state index in [0.717, 1.165) is 5.69 Å². The van der Waals surface area contributed by atoms with Gasteiger partial charge in [-0.25, -0.2) is 0 Å². The molecule has 4 rings (SSSR count). The Bertz CT molecular complexity index is 1300. The smallest absolute Gasteiger partial charge is 0.261 e. The Morgan fingerprint density at radius 1 is 1.18 bits per heavy atom. The van der Waals surface area contributed by atoms with E-state index >= 15 is 0 Å². The molecule has 1 amide bonds. The van der Waals surface area contributed by atoms with Gasteiger partial charge in [-0.05, 0) is 43.3 Å². The van der Waals surface area contributed by atoms with Gasteiger partial charge in [-0.1, -0.05) is 17.7 Å². The number of aromatic amines is 1. The van der Waals surface area contributed by atoms with Gasteiger partial charge in [0.2, 0.25) is 5.43 Å². The highest BCUT2D eigenvalue weighted by Gasteiger charge is 2.16. The number of fused-ring (bicyclic) bond motifs is 2. The maximum Gasteiger partial charge on any atom is 0.261 e. The first-order valence-corrected chi connectivity index (χ1v) is 8.92. The minimum Gasteiger partial charge on any atom is -0.495 e. The summed E-state index contributed by atoms with van der Waals surface area (Å²) in [5.41, 5.74) is 2.16. The van der Waals surface area contributed by atoms with Crippen molar-refractivity contribution >= 4 is 45.0 Å². The molecule has 0 saturated heterocycles. The van der Waals surface area contributed by atoms with E-state index in [9.17, 15) is 9.59 Å². The first-order chi connectivity index (χ1) is 13.5. The molecule has 2 aromatic heterocycles. The number of aromatic nitrogens is 2. The Morgan fingerprint density at radius 2 is 2.00 bits per heavy atom. The monoisotopic (exact) mass is 393 g/mol. The van der Waals surface area contributed by atoms with Crippen LogP contribution in [0.15, 0.2) is 53.5 Å². The molecule has 0 spiro atoms. The van der Waals surface area contributed by atoms with Crippen molar-refractivity contribution in [2.24, 2.45) is 0 Å². The van der Waals surface area contributed by atoms with Crippen LogP contribution in [0.25, 0.3) is 21.8 Å². The number of halogens is 1. The van der Waals surface area contributed by atoms with E-state index in [0.29, 0.717) is 38.3 Å². The molecule has 0 radical (unpaired) electrons. The number of hydrogen-bond donors (Lipinski definition) is 2. The molecule has 28 heavy (non-hydrogen) atoms. The number of para-hydroxylation sites is 1. The first kappa shape index (κ1) is 18.0. The van der Waals surface area contributed by atoms with Gasteiger partial charge in [0, 0.05) is 22.3 Å². The fourth-order valence-electron chi connectivity index (χ4n) is 3.19. The van der Waals surface area contributed by atoms with Crippen molar-refractivity contribution in [2.45, 2.75) is 6.92 Å². The number of carbonyl (C=O) groups excluding carboxylic acids is 1. The standard InChI is InChI=1S/C21H16ClN3O3/c1-11-8-17(14-9-12(22)6-7-16(14)24-11)25-21(27)15-10-23-19-13(20(15)26)4-3-5-18(19)28-2/h3-10H,1-2H3,(H,23,26)(H,24,25,27). The number of ether oxygens (including phenoxy) is 1. The van der Waals surface area contributed by atoms with Gasteiger partial charge in [-0.2, -0.15) is 0 Å². The average Bonchev–Trinajstić information content (AvgIpc) is 2.68. The third-order valence-corrected chi connectivity index (χ3v) is 4.72. The summed E-state index contributed by atoms with van der Waals surface area (Å²) in [7, 11) is 1.52. The molecule has 4 aromatic rings. The fraction of sp³-hybridized carbons (Fsp3) is 0.0952. The number of pyridine rings is 2. The van der Waals surface area contributed by atoms with E-state index < -0.39 is 5.91 Å². The van der Waals surface area contributed by atoms with Crippen LogP contribution >= 0.6 is 11.6 Å². The third kappa shape index (κ3) is 3.08. The van der Waals surface area contributed by atoms with Crippen molar-refractivity contribution in [3.05, 3.63) is 75.2 Å². The van der Waals surface area contributed by atoms with Crippen LogP contribution in [0.4, 0.5) is 5.69 Å². The third-order valence-electron chi connectivity index (χ3n) is 4.49. The first-order valence-electron chi connectivity index (χ1n) is 8.54. The molecule has 0 aliphatic rings. The van der Waals surface area contributed by atoms with Gasteiger partial charge in [0.15, 0.2) is 0 Å². The predicted molar refractivity (Wildman–Crippen MR) is 111 cm³/mol. The molecule has 0 unspecified atom stereocenters. The molecule has 2 heterocycles. The number of amides is 1. The van der Waals surface area contributed by atoms with Gasteiger partial charge < -0.3 is 15.0 Å². The fourth-order valence-corrected chi connectivity index (χ4v) is 3.36. The summed E-state index contributed by atoms with van der Waals surface area (Å²) in [6, 6.07) is 12.1. The zero-order valence-electron chi connectivity index (χ0n) is 15.2. The van der Waals surface area contributed by atoms with Crippen molar-refractivity contribution in [3.63, 3.8) is 0 Å². The Labute approximate surface area is 165 Å². The van der Waals surface area contributed by atoms with Crippen LogP contribution in [0.2, 0.25) is 5.02 Å². The molecule has 0 aliphatic heterocycles. The van der Waals surface area contributed by atoms with E-state index in [-0.39, 0.29) is 11.0 Å². The van der Waals surface area contributed by atoms with Crippen LogP contribution < -0.4 is 15.5 Å². The minimum atomic E-state index is -0.516. The molecule has 140 valence electrons. The molecule has 7 heteroatoms. The quantitative estimate of drug-likeness (QED) is 0.543. The van der Waals surface area contributed by atoms with Crippen molar-refractivity contribution in [1.29, 1.82) is 0 Å². The molecule has 2 aromatic carbocycles. The number of nitrogens with one attached hydrogen (secondary N) is 2. The number of nitrogens with zero attached hydrogens (tertiary/aromatic N) is 1. The SMILES string of the molecule is COc1cccc2c(=O)c(C(=O)Nc3cc(C)nc4ccc(Cl)cc34)c[nH]c12. The van der Waals surface area contributed by atoms with Crippen LogP contribution in [0, 0.1) is 6.92 Å². The van der Waals surface area contributed by atoms with E-state index in [2.05, 4.69) is 15.3 Å². The highest BCUT2D eigenvalue weighted by molar-refractivity contribution is 6.31. The molecule has 0 aliphatic carbocycles. The molecule has 0 atom stereocenters. The molecule has 0 fully saturated rings. The lowest BCUT2D eigenvalue weighted by atomic mass is 10.1. The molecule has 6 nitrogen and oxygen atoms in total. The van der Waals surface area contributed by atoms with Crippen molar-refractivity contribution < 1.29 is 9.53 Å². The van der Waals surface area contributed by atoms with E-state index in [1.807, 2.05) is 6.92 Å². The van der Waals surface area contributed by atoms with Gasteiger partial charge in [0.1, 0.15) is 11.3 Å². The zero-order valence-corrected chi connectivity index (χ0v) is 15.9. The number of benzene rings is 2. The van der Waals surface area contributed by atoms with Crippen LogP contribution in [0.1, 0.15) is 16.1 Å². The number of methoxy groups -OCH3 is 1. The van der Waals surface area contributed by atoms with Crippen molar-refractivity contribution in [2.75, 3.05) is 12.4 Å². The lowest BCUT2D eigenvalue weighted by Crippen LogP contribution is -2.22. The van der Waals surface area contributed by atoms with Crippen LogP contribution in [0.3, 0.4) is 0 Å². The minimum absolute atomic E-state index is 0.00500. The average molecular weight is 394 g/mol. The number of hydrogen-bond acceptors (Lipinski definition) is 4. The summed E-state index contributed by atoms with van der Waals surface area (Å²) in [5.74, 6) is 0.0183. The zero-order chi connectivity index (χ0) is 19.8. The van der Waals surface area contributed by atoms with Gasteiger partial charge in [-0.15, -0.1) is 0 Å². The lowest BCUT2D eigenvalue weighted by Gasteiger charge is -2.11. The van der Waals surface area contributed by atoms with Gasteiger partial charge in [-0.3, -0.25) is 14.6 Å². The Hall–Kier alpha value is -3.38. The maximum absolute atomic E-state index is 12.9. The van der Waals surface area contributed by atoms with Crippen molar-refractivity contribution in [1.82, 2.24) is 9.97 Å². The number of rotatable bonds is 3. The van der Waals surface area contributed by atoms with Gasteiger partial charge >= 0.3 is 0 Å². The number of anilines is 1. The summed E-state index contributed by atoms with van der Waals surface area (Å²) in [6.45, 7) is 1.83. The Kier molecular flexibility index (Phi) is 4.49. The van der Waals surface area contributed by atoms with Crippen LogP contribution in [-0.4, -0.2) is 23.0 Å². The van der Waals surface area contributed by atoms with Crippen LogP contribution in [-0.2, 0) is 0 Å². The Morgan fingerprint density at radius 3 is 2.79 bits per heavy atom. The highest BCUT2D eigenvalue weighted by Crippen LogP contribution is 2.27. The van der Waals surface area contributed by atoms with Gasteiger partial charge in [0.25, 0.3) is 5.91 Å². The summed E-state index contributed by atoms with van der Waals surface area (Å²) in [4.78, 5) is 33.1. The summed E-state index contributed by atoms with van der Waals surface area (Å²) in [5, 5.41) is 4.43. The molecule has 0 bridgehead atoms. The van der Waals surface area contributed by atoms with Gasteiger partial charge in [0.05, 0.1) is 29.2 Å². The van der Waals surface area contributed by atoms with Crippen LogP contribution in [0.5, 0.6) is 5.75 Å². The lowest BCUT2D eigenvalue weighted by molar-refractivity contribution is 0.102. The second-order valence-corrected chi connectivity index (χ2v) is 6.78. The number of aryl methyl sites for hydroxylation is 1. The molecule has 0 saturated carbocycles. The number of carbonyl (C=O) groups is 1. The molecular formula is C21H16ClN3O3. The molecular weight excluding hydrogens is 378 g/mol. The summed E-state index contributed by atoms with van der Waals surface area (Å²) >= 11 is 6.10.